The number of primary amides is 1. The van der Waals surface area contributed by atoms with E-state index in [1.165, 1.54) is 19.3 Å². The molecule has 1 saturated carbocycles. The van der Waals surface area contributed by atoms with Crippen molar-refractivity contribution in [2.24, 2.45) is 17.6 Å². The summed E-state index contributed by atoms with van der Waals surface area (Å²) in [4.78, 5) is 12.7. The molecule has 1 heterocycles. The zero-order valence-electron chi connectivity index (χ0n) is 10.8. The molecule has 2 aliphatic rings. The van der Waals surface area contributed by atoms with E-state index in [9.17, 15) is 4.79 Å². The smallest absolute Gasteiger partial charge is 0.314 e. The fourth-order valence-electron chi connectivity index (χ4n) is 3.15. The van der Waals surface area contributed by atoms with Crippen molar-refractivity contribution in [1.82, 2.24) is 10.2 Å². The second-order valence-electron chi connectivity index (χ2n) is 5.68. The van der Waals surface area contributed by atoms with Gasteiger partial charge in [-0.3, -0.25) is 0 Å². The van der Waals surface area contributed by atoms with Crippen LogP contribution < -0.4 is 11.1 Å². The van der Waals surface area contributed by atoms with Gasteiger partial charge in [0.2, 0.25) is 0 Å². The third-order valence-corrected chi connectivity index (χ3v) is 4.51. The maximum atomic E-state index is 11.0. The molecule has 98 valence electrons. The number of likely N-dealkylation sites (tertiary alicyclic amines) is 1. The average molecular weight is 239 g/mol. The van der Waals surface area contributed by atoms with Crippen molar-refractivity contribution in [3.63, 3.8) is 0 Å². The molecule has 3 N–H and O–H groups in total. The van der Waals surface area contributed by atoms with E-state index in [2.05, 4.69) is 12.2 Å². The second-order valence-corrected chi connectivity index (χ2v) is 5.68. The highest BCUT2D eigenvalue weighted by molar-refractivity contribution is 5.72. The molecule has 2 fully saturated rings. The molecule has 0 aromatic carbocycles. The van der Waals surface area contributed by atoms with Crippen LogP contribution in [0.5, 0.6) is 0 Å². The van der Waals surface area contributed by atoms with Gasteiger partial charge in [0.1, 0.15) is 0 Å². The van der Waals surface area contributed by atoms with E-state index in [-0.39, 0.29) is 6.03 Å². The molecule has 2 atom stereocenters. The lowest BCUT2D eigenvalue weighted by molar-refractivity contribution is 0.183. The quantitative estimate of drug-likeness (QED) is 0.785. The number of hydrogen-bond donors (Lipinski definition) is 2. The van der Waals surface area contributed by atoms with Crippen LogP contribution >= 0.6 is 0 Å². The molecular weight excluding hydrogens is 214 g/mol. The summed E-state index contributed by atoms with van der Waals surface area (Å²) >= 11 is 0. The first-order chi connectivity index (χ1) is 8.16. The topological polar surface area (TPSA) is 58.4 Å². The third-order valence-electron chi connectivity index (χ3n) is 4.51. The first kappa shape index (κ1) is 12.7. The zero-order chi connectivity index (χ0) is 12.3. The van der Waals surface area contributed by atoms with Crippen LogP contribution in [0.3, 0.4) is 0 Å². The highest BCUT2D eigenvalue weighted by Gasteiger charge is 2.25. The number of carbonyl (C=O) groups excluding carboxylic acids is 1. The van der Waals surface area contributed by atoms with E-state index in [0.717, 1.165) is 44.3 Å². The SMILES string of the molecule is CC1CCCC1CNC1CCN(C(N)=O)CC1. The Kier molecular flexibility index (Phi) is 4.26. The number of amides is 2. The van der Waals surface area contributed by atoms with Gasteiger partial charge in [0, 0.05) is 19.1 Å². The third kappa shape index (κ3) is 3.35. The molecule has 4 heteroatoms. The van der Waals surface area contributed by atoms with Crippen molar-refractivity contribution in [1.29, 1.82) is 0 Å². The van der Waals surface area contributed by atoms with Gasteiger partial charge < -0.3 is 16.0 Å². The first-order valence-corrected chi connectivity index (χ1v) is 6.94. The Labute approximate surface area is 104 Å². The van der Waals surface area contributed by atoms with Gasteiger partial charge in [-0.15, -0.1) is 0 Å². The predicted molar refractivity (Wildman–Crippen MR) is 68.7 cm³/mol. The number of carbonyl (C=O) groups is 1. The number of nitrogens with one attached hydrogen (secondary N) is 1. The predicted octanol–water partition coefficient (Wildman–Crippen LogP) is 1.56. The Hall–Kier alpha value is -0.770. The van der Waals surface area contributed by atoms with Crippen LogP contribution in [0.1, 0.15) is 39.0 Å². The van der Waals surface area contributed by atoms with E-state index in [1.807, 2.05) is 0 Å². The Bertz CT molecular complexity index is 261. The van der Waals surface area contributed by atoms with Crippen LogP contribution in [0, 0.1) is 11.8 Å². The number of rotatable bonds is 3. The van der Waals surface area contributed by atoms with Crippen molar-refractivity contribution in [2.75, 3.05) is 19.6 Å². The molecule has 2 rings (SSSR count). The molecular formula is C13H25N3O. The van der Waals surface area contributed by atoms with E-state index in [4.69, 9.17) is 5.73 Å². The van der Waals surface area contributed by atoms with Gasteiger partial charge in [-0.25, -0.2) is 4.79 Å². The molecule has 4 nitrogen and oxygen atoms in total. The van der Waals surface area contributed by atoms with Crippen LogP contribution in [0.25, 0.3) is 0 Å². The van der Waals surface area contributed by atoms with Gasteiger partial charge in [0.25, 0.3) is 0 Å². The van der Waals surface area contributed by atoms with Crippen molar-refractivity contribution in [3.05, 3.63) is 0 Å². The number of hydrogen-bond acceptors (Lipinski definition) is 2. The molecule has 0 aromatic heterocycles. The van der Waals surface area contributed by atoms with Crippen molar-refractivity contribution in [2.45, 2.75) is 45.1 Å². The van der Waals surface area contributed by atoms with Gasteiger partial charge >= 0.3 is 6.03 Å². The molecule has 2 unspecified atom stereocenters. The van der Waals surface area contributed by atoms with E-state index >= 15 is 0 Å². The molecule has 0 spiro atoms. The minimum Gasteiger partial charge on any atom is -0.351 e. The molecule has 1 aliphatic carbocycles. The van der Waals surface area contributed by atoms with E-state index in [1.54, 1.807) is 4.90 Å². The van der Waals surface area contributed by atoms with Crippen LogP contribution in [-0.4, -0.2) is 36.6 Å². The Morgan fingerprint density at radius 2 is 2.00 bits per heavy atom. The molecule has 17 heavy (non-hydrogen) atoms. The highest BCUT2D eigenvalue weighted by atomic mass is 16.2. The molecule has 0 radical (unpaired) electrons. The number of nitrogens with two attached hydrogens (primary N) is 1. The minimum atomic E-state index is -0.270. The zero-order valence-corrected chi connectivity index (χ0v) is 10.8. The summed E-state index contributed by atoms with van der Waals surface area (Å²) in [6, 6.07) is 0.311. The van der Waals surface area contributed by atoms with Gasteiger partial charge in [-0.2, -0.15) is 0 Å². The average Bonchev–Trinajstić information content (AvgIpc) is 2.73. The largest absolute Gasteiger partial charge is 0.351 e. The standard InChI is InChI=1S/C13H25N3O/c1-10-3-2-4-11(10)9-15-12-5-7-16(8-6-12)13(14)17/h10-12,15H,2-9H2,1H3,(H2,14,17). The number of piperidine rings is 1. The van der Waals surface area contributed by atoms with Crippen LogP contribution in [0.2, 0.25) is 0 Å². The van der Waals surface area contributed by atoms with Crippen LogP contribution in [-0.2, 0) is 0 Å². The van der Waals surface area contributed by atoms with Gasteiger partial charge in [0.15, 0.2) is 0 Å². The highest BCUT2D eigenvalue weighted by Crippen LogP contribution is 2.30. The normalized spacial score (nSPS) is 30.8. The minimum absolute atomic E-state index is 0.270. The number of nitrogens with zero attached hydrogens (tertiary/aromatic N) is 1. The lowest BCUT2D eigenvalue weighted by Crippen LogP contribution is -2.47. The van der Waals surface area contributed by atoms with Crippen molar-refractivity contribution >= 4 is 6.03 Å². The molecule has 0 aromatic rings. The monoisotopic (exact) mass is 239 g/mol. The van der Waals surface area contributed by atoms with Crippen LogP contribution in [0.15, 0.2) is 0 Å². The Morgan fingerprint density at radius 3 is 2.53 bits per heavy atom. The fraction of sp³-hybridized carbons (Fsp3) is 0.923. The lowest BCUT2D eigenvalue weighted by atomic mass is 9.97. The lowest BCUT2D eigenvalue weighted by Gasteiger charge is -2.32. The second kappa shape index (κ2) is 5.71. The maximum absolute atomic E-state index is 11.0. The first-order valence-electron chi connectivity index (χ1n) is 6.94. The summed E-state index contributed by atoms with van der Waals surface area (Å²) in [5.41, 5.74) is 5.27. The number of urea groups is 1. The van der Waals surface area contributed by atoms with E-state index in [0.29, 0.717) is 6.04 Å². The Balaban J connectivity index is 1.66. The molecule has 2 amide bonds. The summed E-state index contributed by atoms with van der Waals surface area (Å²) in [6.07, 6.45) is 6.27. The fourth-order valence-corrected chi connectivity index (χ4v) is 3.15. The summed E-state index contributed by atoms with van der Waals surface area (Å²) in [5, 5.41) is 3.67. The van der Waals surface area contributed by atoms with Crippen LogP contribution in [0.4, 0.5) is 4.79 Å². The molecule has 1 aliphatic heterocycles. The molecule has 1 saturated heterocycles. The van der Waals surface area contributed by atoms with Gasteiger partial charge in [-0.1, -0.05) is 19.8 Å². The van der Waals surface area contributed by atoms with Crippen molar-refractivity contribution < 1.29 is 4.79 Å². The van der Waals surface area contributed by atoms with E-state index < -0.39 is 0 Å². The Morgan fingerprint density at radius 1 is 1.29 bits per heavy atom. The van der Waals surface area contributed by atoms with Gasteiger partial charge in [-0.05, 0) is 37.6 Å². The van der Waals surface area contributed by atoms with Gasteiger partial charge in [0.05, 0.1) is 0 Å². The summed E-state index contributed by atoms with van der Waals surface area (Å²) < 4.78 is 0. The summed E-state index contributed by atoms with van der Waals surface area (Å²) in [7, 11) is 0. The van der Waals surface area contributed by atoms with Crippen molar-refractivity contribution in [3.8, 4) is 0 Å². The maximum Gasteiger partial charge on any atom is 0.314 e. The summed E-state index contributed by atoms with van der Waals surface area (Å²) in [6.45, 7) is 5.15. The summed E-state index contributed by atoms with van der Waals surface area (Å²) in [5.74, 6) is 1.75. The molecule has 0 bridgehead atoms.